The second-order valence-electron chi connectivity index (χ2n) is 7.95. The fourth-order valence-electron chi connectivity index (χ4n) is 3.81. The van der Waals surface area contributed by atoms with E-state index in [-0.39, 0.29) is 11.7 Å². The van der Waals surface area contributed by atoms with Crippen molar-refractivity contribution in [2.45, 2.75) is 20.1 Å². The minimum atomic E-state index is -0.332. The Morgan fingerprint density at radius 3 is 2.70 bits per heavy atom. The van der Waals surface area contributed by atoms with Crippen molar-refractivity contribution in [2.75, 3.05) is 26.2 Å². The zero-order chi connectivity index (χ0) is 23.2. The second-order valence-corrected chi connectivity index (χ2v) is 9.27. The molecule has 2 heterocycles. The maximum atomic E-state index is 13.3. The average molecular weight is 485 g/mol. The maximum Gasteiger partial charge on any atom is 0.264 e. The largest absolute Gasteiger partial charge is 0.488 e. The predicted molar refractivity (Wildman–Crippen MR) is 132 cm³/mol. The highest BCUT2D eigenvalue weighted by molar-refractivity contribution is 7.12. The number of thiophene rings is 1. The molecule has 3 aromatic rings. The van der Waals surface area contributed by atoms with Crippen LogP contribution in [0.1, 0.15) is 33.3 Å². The van der Waals surface area contributed by atoms with Crippen LogP contribution >= 0.6 is 22.9 Å². The van der Waals surface area contributed by atoms with Crippen molar-refractivity contribution in [1.29, 1.82) is 0 Å². The first-order chi connectivity index (χ1) is 16.0. The Hall–Kier alpha value is -2.67. The van der Waals surface area contributed by atoms with Crippen molar-refractivity contribution in [1.82, 2.24) is 9.80 Å². The molecule has 1 aliphatic heterocycles. The molecule has 1 amide bonds. The number of amides is 1. The number of rotatable bonds is 7. The van der Waals surface area contributed by atoms with Gasteiger partial charge in [0.1, 0.15) is 18.2 Å². The molecule has 2 aromatic carbocycles. The van der Waals surface area contributed by atoms with Gasteiger partial charge in [-0.15, -0.1) is 11.3 Å². The lowest BCUT2D eigenvalue weighted by atomic mass is 10.2. The van der Waals surface area contributed by atoms with Gasteiger partial charge >= 0.3 is 0 Å². The first kappa shape index (κ1) is 23.5. The number of halogens is 2. The summed E-state index contributed by atoms with van der Waals surface area (Å²) in [4.78, 5) is 17.8. The molecular formula is C26H26ClFN2O2S. The summed E-state index contributed by atoms with van der Waals surface area (Å²) in [7, 11) is 0. The van der Waals surface area contributed by atoms with Crippen molar-refractivity contribution < 1.29 is 13.9 Å². The highest BCUT2D eigenvalue weighted by atomic mass is 35.5. The van der Waals surface area contributed by atoms with E-state index in [4.69, 9.17) is 16.3 Å². The summed E-state index contributed by atoms with van der Waals surface area (Å²) in [5.41, 5.74) is 2.92. The summed E-state index contributed by atoms with van der Waals surface area (Å²) in [5.74, 6) is 0.550. The fourth-order valence-corrected chi connectivity index (χ4v) is 4.90. The van der Waals surface area contributed by atoms with E-state index < -0.39 is 0 Å². The summed E-state index contributed by atoms with van der Waals surface area (Å²) in [6, 6.07) is 14.3. The Balaban J connectivity index is 1.30. The molecule has 0 spiro atoms. The summed E-state index contributed by atoms with van der Waals surface area (Å²) in [6.45, 7) is 5.85. The summed E-state index contributed by atoms with van der Waals surface area (Å²) in [5, 5.41) is 2.42. The van der Waals surface area contributed by atoms with E-state index in [2.05, 4.69) is 4.90 Å². The van der Waals surface area contributed by atoms with E-state index in [1.54, 1.807) is 6.07 Å². The molecule has 0 unspecified atom stereocenters. The Labute approximate surface area is 202 Å². The lowest BCUT2D eigenvalue weighted by molar-refractivity contribution is 0.0633. The lowest BCUT2D eigenvalue weighted by Crippen LogP contribution is -2.48. The zero-order valence-corrected chi connectivity index (χ0v) is 20.0. The van der Waals surface area contributed by atoms with E-state index in [0.717, 1.165) is 40.4 Å². The number of para-hydroxylation sites is 1. The monoisotopic (exact) mass is 484 g/mol. The van der Waals surface area contributed by atoms with Crippen molar-refractivity contribution in [2.24, 2.45) is 0 Å². The topological polar surface area (TPSA) is 32.8 Å². The Bertz CT molecular complexity index is 1140. The molecule has 0 aliphatic carbocycles. The Morgan fingerprint density at radius 1 is 1.15 bits per heavy atom. The normalized spacial score (nSPS) is 14.7. The number of carbonyl (C=O) groups excluding carboxylic acids is 1. The molecule has 0 radical (unpaired) electrons. The highest BCUT2D eigenvalue weighted by Gasteiger charge is 2.23. The van der Waals surface area contributed by atoms with Crippen LogP contribution in [0.3, 0.4) is 0 Å². The van der Waals surface area contributed by atoms with Crippen LogP contribution in [0.4, 0.5) is 4.39 Å². The Kier molecular flexibility index (Phi) is 7.81. The number of carbonyl (C=O) groups is 1. The number of piperazine rings is 1. The first-order valence-electron chi connectivity index (χ1n) is 10.9. The smallest absolute Gasteiger partial charge is 0.264 e. The van der Waals surface area contributed by atoms with Crippen LogP contribution in [0.25, 0.3) is 6.08 Å². The third-order valence-electron chi connectivity index (χ3n) is 5.59. The molecule has 1 fully saturated rings. The third-order valence-corrected chi connectivity index (χ3v) is 6.91. The molecule has 33 heavy (non-hydrogen) atoms. The number of ether oxygens (including phenoxy) is 1. The van der Waals surface area contributed by atoms with Gasteiger partial charge in [0.25, 0.3) is 5.91 Å². The van der Waals surface area contributed by atoms with E-state index >= 15 is 0 Å². The molecule has 0 saturated carbocycles. The van der Waals surface area contributed by atoms with Gasteiger partial charge in [0.15, 0.2) is 0 Å². The molecule has 1 aromatic heterocycles. The zero-order valence-electron chi connectivity index (χ0n) is 18.5. The van der Waals surface area contributed by atoms with Gasteiger partial charge in [-0.3, -0.25) is 9.69 Å². The standard InChI is InChI=1S/C26H26ClFN2O2S/c1-2-5-20-6-3-4-7-24(20)32-17-19-14-25(33-18-19)26(31)30-12-10-29(11-13-30)16-21-8-9-22(28)15-23(21)27/h2-9,14-15,18H,10-13,16-17H2,1H3/b5-2+. The predicted octanol–water partition coefficient (Wildman–Crippen LogP) is 6.11. The van der Waals surface area contributed by atoms with Crippen LogP contribution in [0.2, 0.25) is 5.02 Å². The van der Waals surface area contributed by atoms with Crippen LogP contribution in [-0.4, -0.2) is 41.9 Å². The van der Waals surface area contributed by atoms with E-state index in [9.17, 15) is 9.18 Å². The van der Waals surface area contributed by atoms with Gasteiger partial charge in [-0.25, -0.2) is 4.39 Å². The van der Waals surface area contributed by atoms with Crippen LogP contribution in [0.5, 0.6) is 5.75 Å². The van der Waals surface area contributed by atoms with Crippen LogP contribution in [-0.2, 0) is 13.2 Å². The van der Waals surface area contributed by atoms with Crippen LogP contribution < -0.4 is 4.74 Å². The highest BCUT2D eigenvalue weighted by Crippen LogP contribution is 2.24. The van der Waals surface area contributed by atoms with Crippen molar-refractivity contribution in [3.05, 3.63) is 92.4 Å². The molecule has 0 bridgehead atoms. The number of allylic oxidation sites excluding steroid dienone is 1. The molecule has 0 N–H and O–H groups in total. The molecule has 7 heteroatoms. The van der Waals surface area contributed by atoms with Gasteiger partial charge in [0.05, 0.1) is 4.88 Å². The Morgan fingerprint density at radius 2 is 1.94 bits per heavy atom. The average Bonchev–Trinajstić information content (AvgIpc) is 3.30. The van der Waals surface area contributed by atoms with Gasteiger partial charge in [-0.05, 0) is 42.1 Å². The SMILES string of the molecule is C/C=C/c1ccccc1OCc1csc(C(=O)N2CCN(Cc3ccc(F)cc3Cl)CC2)c1. The number of benzene rings is 2. The van der Waals surface area contributed by atoms with Gasteiger partial charge in [-0.2, -0.15) is 0 Å². The van der Waals surface area contributed by atoms with Crippen molar-refractivity contribution >= 4 is 34.9 Å². The third kappa shape index (κ3) is 6.02. The fraction of sp³-hybridized carbons (Fsp3) is 0.269. The minimum Gasteiger partial charge on any atom is -0.488 e. The van der Waals surface area contributed by atoms with Crippen LogP contribution in [0.15, 0.2) is 60.0 Å². The molecule has 0 atom stereocenters. The van der Waals surface area contributed by atoms with Gasteiger partial charge in [0, 0.05) is 48.9 Å². The number of hydrogen-bond acceptors (Lipinski definition) is 4. The van der Waals surface area contributed by atoms with Gasteiger partial charge in [-0.1, -0.05) is 48.0 Å². The lowest BCUT2D eigenvalue weighted by Gasteiger charge is -2.34. The number of hydrogen-bond donors (Lipinski definition) is 0. The molecular weight excluding hydrogens is 459 g/mol. The van der Waals surface area contributed by atoms with Gasteiger partial charge in [0.2, 0.25) is 0 Å². The second kappa shape index (κ2) is 11.0. The molecule has 4 rings (SSSR count). The molecule has 4 nitrogen and oxygen atoms in total. The summed E-state index contributed by atoms with van der Waals surface area (Å²) in [6.07, 6.45) is 4.00. The molecule has 1 aliphatic rings. The van der Waals surface area contributed by atoms with E-state index in [1.165, 1.54) is 23.5 Å². The van der Waals surface area contributed by atoms with Gasteiger partial charge < -0.3 is 9.64 Å². The summed E-state index contributed by atoms with van der Waals surface area (Å²) >= 11 is 7.61. The molecule has 172 valence electrons. The van der Waals surface area contributed by atoms with E-state index in [1.807, 2.05) is 59.7 Å². The minimum absolute atomic E-state index is 0.0556. The van der Waals surface area contributed by atoms with Crippen molar-refractivity contribution in [3.8, 4) is 5.75 Å². The molecule has 1 saturated heterocycles. The quantitative estimate of drug-likeness (QED) is 0.405. The summed E-state index contributed by atoms with van der Waals surface area (Å²) < 4.78 is 19.3. The number of nitrogens with zero attached hydrogens (tertiary/aromatic N) is 2. The van der Waals surface area contributed by atoms with E-state index in [0.29, 0.717) is 31.3 Å². The maximum absolute atomic E-state index is 13.3. The van der Waals surface area contributed by atoms with Crippen molar-refractivity contribution in [3.63, 3.8) is 0 Å². The first-order valence-corrected chi connectivity index (χ1v) is 12.2. The van der Waals surface area contributed by atoms with Crippen LogP contribution in [0, 0.1) is 5.82 Å².